The second-order valence-corrected chi connectivity index (χ2v) is 5.84. The van der Waals surface area contributed by atoms with Gasteiger partial charge in [0.25, 0.3) is 0 Å². The fourth-order valence-corrected chi connectivity index (χ4v) is 2.99. The van der Waals surface area contributed by atoms with E-state index in [1.807, 2.05) is 24.3 Å². The molecule has 0 fully saturated rings. The molecule has 0 saturated carbocycles. The lowest BCUT2D eigenvalue weighted by Gasteiger charge is -2.13. The Bertz CT molecular complexity index is 774. The van der Waals surface area contributed by atoms with Crippen LogP contribution in [0.3, 0.4) is 0 Å². The first-order chi connectivity index (χ1) is 10.2. The molecule has 1 atom stereocenters. The van der Waals surface area contributed by atoms with Crippen molar-refractivity contribution in [2.75, 3.05) is 7.11 Å². The van der Waals surface area contributed by atoms with E-state index < -0.39 is 0 Å². The minimum atomic E-state index is 0.152. The third kappa shape index (κ3) is 2.61. The number of hydrogen-bond donors (Lipinski definition) is 1. The largest absolute Gasteiger partial charge is 0.497 e. The van der Waals surface area contributed by atoms with E-state index in [9.17, 15) is 0 Å². The van der Waals surface area contributed by atoms with Crippen molar-refractivity contribution in [2.45, 2.75) is 5.92 Å². The second-order valence-electron chi connectivity index (χ2n) is 4.92. The van der Waals surface area contributed by atoms with Crippen LogP contribution in [0.4, 0.5) is 0 Å². The zero-order chi connectivity index (χ0) is 14.8. The predicted molar refractivity (Wildman–Crippen MR) is 91.0 cm³/mol. The van der Waals surface area contributed by atoms with Crippen molar-refractivity contribution in [3.05, 3.63) is 76.9 Å². The van der Waals surface area contributed by atoms with Crippen molar-refractivity contribution in [2.24, 2.45) is 0 Å². The average molecular weight is 342 g/mol. The molecule has 1 aromatic heterocycles. The van der Waals surface area contributed by atoms with Crippen molar-refractivity contribution in [3.8, 4) is 5.75 Å². The van der Waals surface area contributed by atoms with Gasteiger partial charge in [-0.15, -0.1) is 6.58 Å². The Labute approximate surface area is 132 Å². The number of ether oxygens (including phenoxy) is 1. The van der Waals surface area contributed by atoms with Crippen molar-refractivity contribution in [3.63, 3.8) is 0 Å². The molecule has 0 aliphatic rings. The summed E-state index contributed by atoms with van der Waals surface area (Å²) in [5, 5.41) is 1.21. The maximum absolute atomic E-state index is 5.22. The summed E-state index contributed by atoms with van der Waals surface area (Å²) in [6.07, 6.45) is 4.04. The number of allylic oxidation sites excluding steroid dienone is 1. The molecule has 0 aliphatic carbocycles. The maximum atomic E-state index is 5.22. The SMILES string of the molecule is C=C[C@@H](c1ccc(OC)cc1)c1c[nH]c2ccc(Br)cc12. The highest BCUT2D eigenvalue weighted by Gasteiger charge is 2.15. The number of H-pyrrole nitrogens is 1. The Morgan fingerprint density at radius 3 is 2.62 bits per heavy atom. The van der Waals surface area contributed by atoms with Crippen molar-refractivity contribution < 1.29 is 4.74 Å². The zero-order valence-corrected chi connectivity index (χ0v) is 13.4. The molecule has 0 aliphatic heterocycles. The topological polar surface area (TPSA) is 25.0 Å². The van der Waals surface area contributed by atoms with E-state index in [1.54, 1.807) is 7.11 Å². The first-order valence-corrected chi connectivity index (χ1v) is 7.55. The number of rotatable bonds is 4. The van der Waals surface area contributed by atoms with Crippen LogP contribution in [-0.4, -0.2) is 12.1 Å². The first-order valence-electron chi connectivity index (χ1n) is 6.76. The summed E-state index contributed by atoms with van der Waals surface area (Å²) in [7, 11) is 1.68. The molecule has 0 spiro atoms. The number of benzene rings is 2. The summed E-state index contributed by atoms with van der Waals surface area (Å²) >= 11 is 3.54. The summed E-state index contributed by atoms with van der Waals surface area (Å²) in [6.45, 7) is 4.01. The van der Waals surface area contributed by atoms with Gasteiger partial charge in [-0.3, -0.25) is 0 Å². The molecule has 1 heterocycles. The van der Waals surface area contributed by atoms with Crippen molar-refractivity contribution in [1.29, 1.82) is 0 Å². The molecular weight excluding hydrogens is 326 g/mol. The number of methoxy groups -OCH3 is 1. The molecule has 0 radical (unpaired) electrons. The van der Waals surface area contributed by atoms with Gasteiger partial charge in [0.05, 0.1) is 7.11 Å². The third-order valence-corrected chi connectivity index (χ3v) is 4.21. The Kier molecular flexibility index (Phi) is 3.84. The van der Waals surface area contributed by atoms with Crippen LogP contribution in [0.5, 0.6) is 5.75 Å². The van der Waals surface area contributed by atoms with Gasteiger partial charge in [-0.05, 0) is 41.5 Å². The molecule has 2 aromatic carbocycles. The van der Waals surface area contributed by atoms with Gasteiger partial charge in [0.15, 0.2) is 0 Å². The smallest absolute Gasteiger partial charge is 0.118 e. The molecule has 0 saturated heterocycles. The van der Waals surface area contributed by atoms with E-state index in [0.717, 1.165) is 15.7 Å². The molecule has 3 rings (SSSR count). The average Bonchev–Trinajstić information content (AvgIpc) is 2.92. The highest BCUT2D eigenvalue weighted by molar-refractivity contribution is 9.10. The van der Waals surface area contributed by atoms with E-state index in [4.69, 9.17) is 4.74 Å². The van der Waals surface area contributed by atoms with Crippen LogP contribution in [0, 0.1) is 0 Å². The lowest BCUT2D eigenvalue weighted by atomic mass is 9.91. The molecular formula is C18H16BrNO. The van der Waals surface area contributed by atoms with Gasteiger partial charge in [0.2, 0.25) is 0 Å². The first kappa shape index (κ1) is 14.0. The van der Waals surface area contributed by atoms with Crippen LogP contribution in [0.15, 0.2) is 65.8 Å². The van der Waals surface area contributed by atoms with E-state index in [1.165, 1.54) is 16.5 Å². The zero-order valence-electron chi connectivity index (χ0n) is 11.8. The standard InChI is InChI=1S/C18H16BrNO/c1-3-15(12-4-7-14(21-2)8-5-12)17-11-20-18-9-6-13(19)10-16(17)18/h3-11,15,20H,1H2,2H3/t15-/m0/s1. The molecule has 21 heavy (non-hydrogen) atoms. The quantitative estimate of drug-likeness (QED) is 0.643. The highest BCUT2D eigenvalue weighted by atomic mass is 79.9. The highest BCUT2D eigenvalue weighted by Crippen LogP contribution is 2.33. The number of halogens is 1. The summed E-state index contributed by atoms with van der Waals surface area (Å²) in [6, 6.07) is 14.4. The molecule has 106 valence electrons. The number of aromatic nitrogens is 1. The van der Waals surface area contributed by atoms with Crippen LogP contribution >= 0.6 is 15.9 Å². The van der Waals surface area contributed by atoms with E-state index in [0.29, 0.717) is 0 Å². The number of aromatic amines is 1. The minimum absolute atomic E-state index is 0.152. The minimum Gasteiger partial charge on any atom is -0.497 e. The van der Waals surface area contributed by atoms with Crippen LogP contribution in [0.2, 0.25) is 0 Å². The van der Waals surface area contributed by atoms with Crippen LogP contribution < -0.4 is 4.74 Å². The van der Waals surface area contributed by atoms with Gasteiger partial charge in [0, 0.05) is 27.5 Å². The molecule has 3 aromatic rings. The number of fused-ring (bicyclic) bond motifs is 1. The van der Waals surface area contributed by atoms with Gasteiger partial charge in [0.1, 0.15) is 5.75 Å². The Balaban J connectivity index is 2.08. The molecule has 2 nitrogen and oxygen atoms in total. The van der Waals surface area contributed by atoms with Gasteiger partial charge >= 0.3 is 0 Å². The fraction of sp³-hybridized carbons (Fsp3) is 0.111. The number of hydrogen-bond acceptors (Lipinski definition) is 1. The predicted octanol–water partition coefficient (Wildman–Crippen LogP) is 5.26. The molecule has 0 amide bonds. The summed E-state index contributed by atoms with van der Waals surface area (Å²) in [5.74, 6) is 1.02. The Morgan fingerprint density at radius 2 is 1.95 bits per heavy atom. The van der Waals surface area contributed by atoms with Gasteiger partial charge in [-0.1, -0.05) is 34.1 Å². The molecule has 3 heteroatoms. The Hall–Kier alpha value is -2.00. The monoisotopic (exact) mass is 341 g/mol. The third-order valence-electron chi connectivity index (χ3n) is 3.72. The lowest BCUT2D eigenvalue weighted by molar-refractivity contribution is 0.414. The normalized spacial score (nSPS) is 12.3. The molecule has 0 bridgehead atoms. The van der Waals surface area contributed by atoms with Gasteiger partial charge < -0.3 is 9.72 Å². The Morgan fingerprint density at radius 1 is 1.19 bits per heavy atom. The van der Waals surface area contributed by atoms with Crippen molar-refractivity contribution >= 4 is 26.8 Å². The van der Waals surface area contributed by atoms with Crippen LogP contribution in [0.25, 0.3) is 10.9 Å². The molecule has 1 N–H and O–H groups in total. The van der Waals surface area contributed by atoms with Gasteiger partial charge in [-0.25, -0.2) is 0 Å². The van der Waals surface area contributed by atoms with Crippen LogP contribution in [-0.2, 0) is 0 Å². The summed E-state index contributed by atoms with van der Waals surface area (Å²) < 4.78 is 6.30. The van der Waals surface area contributed by atoms with Crippen molar-refractivity contribution in [1.82, 2.24) is 4.98 Å². The summed E-state index contributed by atoms with van der Waals surface area (Å²) in [4.78, 5) is 3.33. The summed E-state index contributed by atoms with van der Waals surface area (Å²) in [5.41, 5.74) is 3.56. The number of nitrogens with one attached hydrogen (secondary N) is 1. The van der Waals surface area contributed by atoms with E-state index in [2.05, 4.69) is 58.0 Å². The lowest BCUT2D eigenvalue weighted by Crippen LogP contribution is -1.96. The molecule has 0 unspecified atom stereocenters. The second kappa shape index (κ2) is 5.78. The van der Waals surface area contributed by atoms with Gasteiger partial charge in [-0.2, -0.15) is 0 Å². The van der Waals surface area contributed by atoms with E-state index in [-0.39, 0.29) is 5.92 Å². The van der Waals surface area contributed by atoms with E-state index >= 15 is 0 Å². The maximum Gasteiger partial charge on any atom is 0.118 e. The fourth-order valence-electron chi connectivity index (χ4n) is 2.63. The van der Waals surface area contributed by atoms with Crippen LogP contribution in [0.1, 0.15) is 17.0 Å².